The molecule has 0 fully saturated rings. The first kappa shape index (κ1) is 21.3. The number of fused-ring (bicyclic) bond motifs is 1. The number of carbonyl (C=O) groups excluding carboxylic acids is 1. The van der Waals surface area contributed by atoms with Crippen molar-refractivity contribution in [3.05, 3.63) is 45.8 Å². The second-order valence-electron chi connectivity index (χ2n) is 6.96. The number of carboxylic acid groups (broad SMARTS) is 1. The summed E-state index contributed by atoms with van der Waals surface area (Å²) in [6.07, 6.45) is 6.41. The maximum Gasteiger partial charge on any atom is 0.341 e. The Morgan fingerprint density at radius 1 is 1.10 bits per heavy atom. The third-order valence-corrected chi connectivity index (χ3v) is 6.27. The van der Waals surface area contributed by atoms with Gasteiger partial charge < -0.3 is 20.5 Å². The van der Waals surface area contributed by atoms with Crippen LogP contribution in [0.3, 0.4) is 0 Å². The Bertz CT molecular complexity index is 906. The zero-order valence-electron chi connectivity index (χ0n) is 16.2. The van der Waals surface area contributed by atoms with E-state index >= 15 is 0 Å². The largest absolute Gasteiger partial charge is 0.481 e. The number of carboxylic acids is 1. The summed E-state index contributed by atoms with van der Waals surface area (Å²) < 4.78 is 5.03. The fraction of sp³-hybridized carbons (Fsp3) is 0.381. The van der Waals surface area contributed by atoms with Crippen LogP contribution in [0.2, 0.25) is 0 Å². The number of esters is 1. The third-order valence-electron chi connectivity index (χ3n) is 4.86. The lowest BCUT2D eigenvalue weighted by molar-refractivity contribution is -0.136. The number of aryl methyl sites for hydroxylation is 1. The highest BCUT2D eigenvalue weighted by atomic mass is 32.1. The van der Waals surface area contributed by atoms with Gasteiger partial charge in [0.25, 0.3) is 0 Å². The first-order valence-corrected chi connectivity index (χ1v) is 10.8. The van der Waals surface area contributed by atoms with E-state index in [4.69, 9.17) is 22.1 Å². The molecule has 0 amide bonds. The molecule has 1 aliphatic rings. The molecular formula is C21H24N2O4S2. The molecule has 154 valence electrons. The van der Waals surface area contributed by atoms with E-state index in [1.165, 1.54) is 24.8 Å². The van der Waals surface area contributed by atoms with E-state index in [0.717, 1.165) is 36.9 Å². The van der Waals surface area contributed by atoms with E-state index in [2.05, 4.69) is 10.6 Å². The summed E-state index contributed by atoms with van der Waals surface area (Å²) >= 11 is 7.01. The molecule has 1 aliphatic carbocycles. The number of methoxy groups -OCH3 is 1. The van der Waals surface area contributed by atoms with Gasteiger partial charge in [-0.3, -0.25) is 4.79 Å². The summed E-state index contributed by atoms with van der Waals surface area (Å²) in [7, 11) is 1.40. The smallest absolute Gasteiger partial charge is 0.341 e. The lowest BCUT2D eigenvalue weighted by Crippen LogP contribution is -2.20. The lowest BCUT2D eigenvalue weighted by atomic mass is 9.96. The third kappa shape index (κ3) is 5.55. The van der Waals surface area contributed by atoms with Crippen molar-refractivity contribution in [3.8, 4) is 0 Å². The Morgan fingerprint density at radius 3 is 2.45 bits per heavy atom. The fourth-order valence-electron chi connectivity index (χ4n) is 3.47. The van der Waals surface area contributed by atoms with E-state index in [0.29, 0.717) is 21.2 Å². The maximum absolute atomic E-state index is 12.5. The summed E-state index contributed by atoms with van der Waals surface area (Å²) in [5, 5.41) is 16.2. The highest BCUT2D eigenvalue weighted by molar-refractivity contribution is 7.80. The van der Waals surface area contributed by atoms with Gasteiger partial charge in [-0.15, -0.1) is 11.3 Å². The molecule has 3 N–H and O–H groups in total. The van der Waals surface area contributed by atoms with Crippen molar-refractivity contribution in [2.45, 2.75) is 44.9 Å². The first-order valence-electron chi connectivity index (χ1n) is 9.59. The second kappa shape index (κ2) is 9.84. The summed E-state index contributed by atoms with van der Waals surface area (Å²) in [5.41, 5.74) is 3.14. The molecular weight excluding hydrogens is 408 g/mol. The SMILES string of the molecule is COC(=O)c1c(NC(=S)Nc2ccc(CC(=O)O)cc2)sc2c1CCCCCC2. The summed E-state index contributed by atoms with van der Waals surface area (Å²) in [6, 6.07) is 7.05. The van der Waals surface area contributed by atoms with Gasteiger partial charge in [0.05, 0.1) is 19.1 Å². The van der Waals surface area contributed by atoms with Crippen LogP contribution in [0.25, 0.3) is 0 Å². The molecule has 0 spiro atoms. The van der Waals surface area contributed by atoms with Crippen LogP contribution in [0.4, 0.5) is 10.7 Å². The Kier molecular flexibility index (Phi) is 7.22. The minimum absolute atomic E-state index is 0.0216. The predicted molar refractivity (Wildman–Crippen MR) is 119 cm³/mol. The zero-order valence-corrected chi connectivity index (χ0v) is 17.9. The van der Waals surface area contributed by atoms with Gasteiger partial charge in [-0.1, -0.05) is 25.0 Å². The highest BCUT2D eigenvalue weighted by Crippen LogP contribution is 2.37. The van der Waals surface area contributed by atoms with E-state index in [1.54, 1.807) is 35.6 Å². The number of carbonyl (C=O) groups is 2. The highest BCUT2D eigenvalue weighted by Gasteiger charge is 2.25. The molecule has 6 nitrogen and oxygen atoms in total. The molecule has 1 heterocycles. The number of benzene rings is 1. The number of anilines is 2. The van der Waals surface area contributed by atoms with Crippen molar-refractivity contribution in [3.63, 3.8) is 0 Å². The van der Waals surface area contributed by atoms with Gasteiger partial charge in [-0.25, -0.2) is 4.79 Å². The van der Waals surface area contributed by atoms with Crippen LogP contribution in [0, 0.1) is 0 Å². The van der Waals surface area contributed by atoms with Crippen LogP contribution in [0.5, 0.6) is 0 Å². The Hall–Kier alpha value is -2.45. The summed E-state index contributed by atoms with van der Waals surface area (Å²) in [4.78, 5) is 24.5. The van der Waals surface area contributed by atoms with Crippen LogP contribution in [0.1, 0.15) is 52.0 Å². The first-order chi connectivity index (χ1) is 14.0. The Balaban J connectivity index is 1.76. The zero-order chi connectivity index (χ0) is 20.8. The van der Waals surface area contributed by atoms with Gasteiger partial charge in [0, 0.05) is 10.6 Å². The van der Waals surface area contributed by atoms with E-state index in [-0.39, 0.29) is 12.4 Å². The van der Waals surface area contributed by atoms with Crippen molar-refractivity contribution in [1.29, 1.82) is 0 Å². The van der Waals surface area contributed by atoms with Crippen LogP contribution < -0.4 is 10.6 Å². The summed E-state index contributed by atoms with van der Waals surface area (Å²) in [6.45, 7) is 0. The number of thiophene rings is 1. The molecule has 1 aromatic carbocycles. The van der Waals surface area contributed by atoms with Crippen LogP contribution in [0.15, 0.2) is 24.3 Å². The predicted octanol–water partition coefficient (Wildman–Crippen LogP) is 4.63. The normalized spacial score (nSPS) is 13.6. The monoisotopic (exact) mass is 432 g/mol. The average molecular weight is 433 g/mol. The minimum Gasteiger partial charge on any atom is -0.481 e. The number of hydrogen-bond donors (Lipinski definition) is 3. The lowest BCUT2D eigenvalue weighted by Gasteiger charge is -2.12. The number of nitrogens with one attached hydrogen (secondary N) is 2. The van der Waals surface area contributed by atoms with E-state index in [9.17, 15) is 9.59 Å². The number of rotatable bonds is 5. The second-order valence-corrected chi connectivity index (χ2v) is 8.47. The van der Waals surface area contributed by atoms with E-state index < -0.39 is 5.97 Å². The molecule has 0 aliphatic heterocycles. The number of ether oxygens (including phenoxy) is 1. The van der Waals surface area contributed by atoms with Gasteiger partial charge in [0.2, 0.25) is 0 Å². The molecule has 29 heavy (non-hydrogen) atoms. The molecule has 0 bridgehead atoms. The fourth-order valence-corrected chi connectivity index (χ4v) is 5.04. The van der Waals surface area contributed by atoms with Crippen LogP contribution >= 0.6 is 23.6 Å². The molecule has 8 heteroatoms. The van der Waals surface area contributed by atoms with Gasteiger partial charge in [0.15, 0.2) is 5.11 Å². The molecule has 0 atom stereocenters. The molecule has 3 rings (SSSR count). The standard InChI is InChI=1S/C21H24N2O4S2/c1-27-20(26)18-15-6-4-2-3-5-7-16(15)29-19(18)23-21(28)22-14-10-8-13(9-11-14)12-17(24)25/h8-11H,2-7,12H2,1H3,(H,24,25)(H2,22,23,28). The Labute approximate surface area is 179 Å². The average Bonchev–Trinajstić information content (AvgIpc) is 2.98. The van der Waals surface area contributed by atoms with Gasteiger partial charge in [0.1, 0.15) is 5.00 Å². The van der Waals surface area contributed by atoms with Gasteiger partial charge in [-0.05, 0) is 61.2 Å². The molecule has 0 unspecified atom stereocenters. The maximum atomic E-state index is 12.5. The molecule has 2 aromatic rings. The molecule has 0 saturated heterocycles. The van der Waals surface area contributed by atoms with Crippen molar-refractivity contribution in [1.82, 2.24) is 0 Å². The Morgan fingerprint density at radius 2 is 1.79 bits per heavy atom. The van der Waals surface area contributed by atoms with Gasteiger partial charge >= 0.3 is 11.9 Å². The van der Waals surface area contributed by atoms with E-state index in [1.807, 2.05) is 0 Å². The number of thiocarbonyl (C=S) groups is 1. The van der Waals surface area contributed by atoms with Crippen LogP contribution in [-0.4, -0.2) is 29.3 Å². The van der Waals surface area contributed by atoms with Crippen molar-refractivity contribution < 1.29 is 19.4 Å². The number of aliphatic carboxylic acids is 1. The summed E-state index contributed by atoms with van der Waals surface area (Å²) in [5.74, 6) is -1.21. The molecule has 0 saturated carbocycles. The van der Waals surface area contributed by atoms with Crippen LogP contribution in [-0.2, 0) is 28.8 Å². The van der Waals surface area contributed by atoms with Crippen molar-refractivity contribution >= 4 is 51.3 Å². The van der Waals surface area contributed by atoms with Crippen molar-refractivity contribution in [2.24, 2.45) is 0 Å². The topological polar surface area (TPSA) is 87.7 Å². The minimum atomic E-state index is -0.869. The molecule has 1 aromatic heterocycles. The van der Waals surface area contributed by atoms with Crippen molar-refractivity contribution in [2.75, 3.05) is 17.7 Å². The number of hydrogen-bond acceptors (Lipinski definition) is 5. The molecule has 0 radical (unpaired) electrons. The quantitative estimate of drug-likeness (QED) is 0.469. The van der Waals surface area contributed by atoms with Gasteiger partial charge in [-0.2, -0.15) is 0 Å².